The molecule has 2 unspecified atom stereocenters. The minimum absolute atomic E-state index is 0.0332. The largest absolute Gasteiger partial charge is 0.480 e. The van der Waals surface area contributed by atoms with Crippen molar-refractivity contribution >= 4 is 23.5 Å². The minimum atomic E-state index is -1.09. The summed E-state index contributed by atoms with van der Waals surface area (Å²) >= 11 is 0. The number of benzene rings is 1. The number of anilines is 1. The molecule has 7 heteroatoms. The Bertz CT molecular complexity index is 666. The number of rotatable bonds is 6. The Morgan fingerprint density at radius 2 is 2.00 bits per heavy atom. The number of nitrogens with one attached hydrogen (secondary N) is 2. The molecule has 1 aromatic rings. The first-order valence-corrected chi connectivity index (χ1v) is 8.24. The van der Waals surface area contributed by atoms with Gasteiger partial charge in [0.15, 0.2) is 6.10 Å². The van der Waals surface area contributed by atoms with Gasteiger partial charge in [-0.15, -0.1) is 0 Å². The SMILES string of the molecule is CC(C)(C)CCC(NC(=O)CC1Oc2ccccc2NC1=O)C(=O)O. The zero-order chi connectivity index (χ0) is 18.6. The summed E-state index contributed by atoms with van der Waals surface area (Å²) in [5, 5.41) is 14.4. The average molecular weight is 348 g/mol. The second kappa shape index (κ2) is 7.55. The molecule has 0 spiro atoms. The van der Waals surface area contributed by atoms with Crippen LogP contribution in [0.25, 0.3) is 0 Å². The predicted octanol–water partition coefficient (Wildman–Crippen LogP) is 2.17. The van der Waals surface area contributed by atoms with Gasteiger partial charge in [-0.1, -0.05) is 32.9 Å². The molecule has 1 aliphatic rings. The van der Waals surface area contributed by atoms with Crippen LogP contribution in [-0.2, 0) is 14.4 Å². The lowest BCUT2D eigenvalue weighted by Gasteiger charge is -2.26. The summed E-state index contributed by atoms with van der Waals surface area (Å²) in [6, 6.07) is 5.95. The number of carbonyl (C=O) groups excluding carboxylic acids is 2. The van der Waals surface area contributed by atoms with Crippen molar-refractivity contribution in [2.24, 2.45) is 5.41 Å². The van der Waals surface area contributed by atoms with Crippen LogP contribution < -0.4 is 15.4 Å². The molecule has 0 bridgehead atoms. The molecule has 25 heavy (non-hydrogen) atoms. The van der Waals surface area contributed by atoms with Crippen LogP contribution in [0.2, 0.25) is 0 Å². The number of hydrogen-bond donors (Lipinski definition) is 3. The molecule has 1 heterocycles. The van der Waals surface area contributed by atoms with E-state index in [-0.39, 0.29) is 11.8 Å². The second-order valence-electron chi connectivity index (χ2n) is 7.35. The quantitative estimate of drug-likeness (QED) is 0.731. The van der Waals surface area contributed by atoms with Crippen molar-refractivity contribution in [3.05, 3.63) is 24.3 Å². The first kappa shape index (κ1) is 18.8. The van der Waals surface area contributed by atoms with Crippen LogP contribution in [0.4, 0.5) is 5.69 Å². The highest BCUT2D eigenvalue weighted by atomic mass is 16.5. The van der Waals surface area contributed by atoms with Gasteiger partial charge in [0, 0.05) is 0 Å². The van der Waals surface area contributed by atoms with E-state index in [0.717, 1.165) is 0 Å². The maximum atomic E-state index is 12.2. The van der Waals surface area contributed by atoms with E-state index in [1.165, 1.54) is 0 Å². The first-order chi connectivity index (χ1) is 11.7. The highest BCUT2D eigenvalue weighted by Gasteiger charge is 2.31. The van der Waals surface area contributed by atoms with Crippen LogP contribution in [-0.4, -0.2) is 35.0 Å². The molecule has 2 rings (SSSR count). The number of carbonyl (C=O) groups is 3. The third kappa shape index (κ3) is 5.48. The van der Waals surface area contributed by atoms with Crippen molar-refractivity contribution in [1.82, 2.24) is 5.32 Å². The first-order valence-electron chi connectivity index (χ1n) is 8.24. The van der Waals surface area contributed by atoms with E-state index in [0.29, 0.717) is 24.3 Å². The highest BCUT2D eigenvalue weighted by molar-refractivity contribution is 6.00. The van der Waals surface area contributed by atoms with Crippen molar-refractivity contribution in [2.75, 3.05) is 5.32 Å². The van der Waals surface area contributed by atoms with Gasteiger partial charge in [-0.3, -0.25) is 9.59 Å². The number of amides is 2. The lowest BCUT2D eigenvalue weighted by Crippen LogP contribution is -2.45. The van der Waals surface area contributed by atoms with E-state index in [1.807, 2.05) is 20.8 Å². The fourth-order valence-electron chi connectivity index (χ4n) is 2.48. The summed E-state index contributed by atoms with van der Waals surface area (Å²) in [5.41, 5.74) is 0.520. The van der Waals surface area contributed by atoms with Gasteiger partial charge in [-0.05, 0) is 30.4 Å². The van der Waals surface area contributed by atoms with Gasteiger partial charge >= 0.3 is 5.97 Å². The van der Waals surface area contributed by atoms with Crippen molar-refractivity contribution in [3.63, 3.8) is 0 Å². The molecule has 1 aromatic carbocycles. The van der Waals surface area contributed by atoms with Crippen LogP contribution in [0.3, 0.4) is 0 Å². The zero-order valence-electron chi connectivity index (χ0n) is 14.7. The Balaban J connectivity index is 1.94. The van der Waals surface area contributed by atoms with Crippen LogP contribution >= 0.6 is 0 Å². The normalized spacial score (nSPS) is 17.7. The summed E-state index contributed by atoms with van der Waals surface area (Å²) < 4.78 is 5.55. The number of para-hydroxylation sites is 2. The van der Waals surface area contributed by atoms with Crippen molar-refractivity contribution in [2.45, 2.75) is 52.2 Å². The molecule has 0 saturated carbocycles. The zero-order valence-corrected chi connectivity index (χ0v) is 14.7. The predicted molar refractivity (Wildman–Crippen MR) is 92.4 cm³/mol. The second-order valence-corrected chi connectivity index (χ2v) is 7.35. The van der Waals surface area contributed by atoms with Gasteiger partial charge in [0.25, 0.3) is 5.91 Å². The van der Waals surface area contributed by atoms with Crippen LogP contribution in [0.5, 0.6) is 5.75 Å². The number of aliphatic carboxylic acids is 1. The van der Waals surface area contributed by atoms with Crippen LogP contribution in [0, 0.1) is 5.41 Å². The number of carboxylic acid groups (broad SMARTS) is 1. The molecule has 7 nitrogen and oxygen atoms in total. The lowest BCUT2D eigenvalue weighted by molar-refractivity contribution is -0.142. The Kier molecular flexibility index (Phi) is 5.66. The molecule has 0 fully saturated rings. The summed E-state index contributed by atoms with van der Waals surface area (Å²) in [6.45, 7) is 6.02. The molecule has 3 N–H and O–H groups in total. The number of ether oxygens (including phenoxy) is 1. The van der Waals surface area contributed by atoms with Crippen LogP contribution in [0.1, 0.15) is 40.0 Å². The molecule has 2 atom stereocenters. The molecule has 1 aliphatic heterocycles. The fourth-order valence-corrected chi connectivity index (χ4v) is 2.48. The topological polar surface area (TPSA) is 105 Å². The third-order valence-corrected chi connectivity index (χ3v) is 3.89. The fraction of sp³-hybridized carbons (Fsp3) is 0.500. The lowest BCUT2D eigenvalue weighted by atomic mass is 9.88. The van der Waals surface area contributed by atoms with E-state index < -0.39 is 29.9 Å². The number of fused-ring (bicyclic) bond motifs is 1. The molecule has 0 saturated heterocycles. The van der Waals surface area contributed by atoms with Crippen LogP contribution in [0.15, 0.2) is 24.3 Å². The van der Waals surface area contributed by atoms with Crippen molar-refractivity contribution in [3.8, 4) is 5.75 Å². The van der Waals surface area contributed by atoms with E-state index in [2.05, 4.69) is 10.6 Å². The maximum Gasteiger partial charge on any atom is 0.326 e. The molecular weight excluding hydrogens is 324 g/mol. The Hall–Kier alpha value is -2.57. The molecule has 0 radical (unpaired) electrons. The van der Waals surface area contributed by atoms with E-state index >= 15 is 0 Å². The summed E-state index contributed by atoms with van der Waals surface area (Å²) in [5.74, 6) is -1.55. The number of carboxylic acids is 1. The Morgan fingerprint density at radius 1 is 1.32 bits per heavy atom. The molecule has 2 amide bonds. The van der Waals surface area contributed by atoms with Gasteiger partial charge < -0.3 is 20.5 Å². The van der Waals surface area contributed by atoms with E-state index in [1.54, 1.807) is 24.3 Å². The Labute approximate surface area is 146 Å². The molecule has 0 aliphatic carbocycles. The van der Waals surface area contributed by atoms with Crippen molar-refractivity contribution < 1.29 is 24.2 Å². The van der Waals surface area contributed by atoms with E-state index in [4.69, 9.17) is 4.74 Å². The van der Waals surface area contributed by atoms with Crippen molar-refractivity contribution in [1.29, 1.82) is 0 Å². The maximum absolute atomic E-state index is 12.2. The summed E-state index contributed by atoms with van der Waals surface area (Å²) in [4.78, 5) is 35.6. The van der Waals surface area contributed by atoms with E-state index in [9.17, 15) is 19.5 Å². The molecule has 0 aromatic heterocycles. The van der Waals surface area contributed by atoms with Gasteiger partial charge in [0.05, 0.1) is 12.1 Å². The molecular formula is C18H24N2O5. The third-order valence-electron chi connectivity index (χ3n) is 3.89. The van der Waals surface area contributed by atoms with Gasteiger partial charge in [-0.2, -0.15) is 0 Å². The van der Waals surface area contributed by atoms with Gasteiger partial charge in [0.2, 0.25) is 5.91 Å². The Morgan fingerprint density at radius 3 is 2.64 bits per heavy atom. The van der Waals surface area contributed by atoms with Gasteiger partial charge in [0.1, 0.15) is 11.8 Å². The number of hydrogen-bond acceptors (Lipinski definition) is 4. The standard InChI is InChI=1S/C18H24N2O5/c1-18(2,3)9-8-12(17(23)24)19-15(21)10-14-16(22)20-11-6-4-5-7-13(11)25-14/h4-7,12,14H,8-10H2,1-3H3,(H,19,21)(H,20,22)(H,23,24). The summed E-state index contributed by atoms with van der Waals surface area (Å²) in [7, 11) is 0. The highest BCUT2D eigenvalue weighted by Crippen LogP contribution is 2.29. The summed E-state index contributed by atoms with van der Waals surface area (Å²) in [6.07, 6.45) is -0.241. The molecule has 136 valence electrons. The minimum Gasteiger partial charge on any atom is -0.480 e. The smallest absolute Gasteiger partial charge is 0.326 e. The monoisotopic (exact) mass is 348 g/mol. The average Bonchev–Trinajstić information content (AvgIpc) is 2.51. The van der Waals surface area contributed by atoms with Gasteiger partial charge in [-0.25, -0.2) is 4.79 Å².